The molecule has 2 atom stereocenters. The van der Waals surface area contributed by atoms with Crippen LogP contribution in [-0.4, -0.2) is 26.9 Å². The van der Waals surface area contributed by atoms with E-state index in [0.717, 1.165) is 29.5 Å². The number of ketones is 1. The van der Waals surface area contributed by atoms with Crippen molar-refractivity contribution in [3.8, 4) is 28.2 Å². The molecule has 1 fully saturated rings. The number of hydrogen-bond donors (Lipinski definition) is 3. The van der Waals surface area contributed by atoms with Crippen molar-refractivity contribution < 1.29 is 24.2 Å². The monoisotopic (exact) mass is 482 g/mol. The number of carboxylic acids is 1. The summed E-state index contributed by atoms with van der Waals surface area (Å²) in [4.78, 5) is 28.8. The molecule has 182 valence electrons. The average Bonchev–Trinajstić information content (AvgIpc) is 3.37. The van der Waals surface area contributed by atoms with E-state index in [4.69, 9.17) is 4.42 Å². The van der Waals surface area contributed by atoms with E-state index in [-0.39, 0.29) is 11.5 Å². The Labute approximate surface area is 208 Å². The van der Waals surface area contributed by atoms with Gasteiger partial charge in [-0.15, -0.1) is 0 Å². The Bertz CT molecular complexity index is 1380. The molecule has 0 saturated heterocycles. The third-order valence-electron chi connectivity index (χ3n) is 6.70. The highest BCUT2D eigenvalue weighted by Crippen LogP contribution is 2.34. The van der Waals surface area contributed by atoms with Crippen molar-refractivity contribution in [2.24, 2.45) is 11.8 Å². The first-order valence-corrected chi connectivity index (χ1v) is 12.0. The first-order chi connectivity index (χ1) is 17.5. The molecule has 4 aromatic rings. The third kappa shape index (κ3) is 5.00. The molecule has 1 heterocycles. The number of hydrogen-bond acceptors (Lipinski definition) is 6. The summed E-state index contributed by atoms with van der Waals surface area (Å²) >= 11 is 0. The van der Waals surface area contributed by atoms with Crippen molar-refractivity contribution in [3.63, 3.8) is 0 Å². The lowest BCUT2D eigenvalue weighted by molar-refractivity contribution is -0.144. The minimum atomic E-state index is -0.876. The van der Waals surface area contributed by atoms with Gasteiger partial charge in [0.25, 0.3) is 6.01 Å². The van der Waals surface area contributed by atoms with Crippen molar-refractivity contribution in [1.82, 2.24) is 4.98 Å². The molecule has 1 aliphatic carbocycles. The van der Waals surface area contributed by atoms with Gasteiger partial charge in [-0.05, 0) is 36.1 Å². The van der Waals surface area contributed by atoms with Crippen molar-refractivity contribution in [3.05, 3.63) is 84.6 Å². The smallest absolute Gasteiger partial charge is 0.307 e. The Kier molecular flexibility index (Phi) is 6.54. The molecule has 1 aromatic heterocycles. The van der Waals surface area contributed by atoms with Crippen molar-refractivity contribution >= 4 is 23.5 Å². The maximum absolute atomic E-state index is 13.0. The second kappa shape index (κ2) is 10.1. The summed E-state index contributed by atoms with van der Waals surface area (Å²) in [6.45, 7) is 0. The maximum atomic E-state index is 13.0. The Morgan fingerprint density at radius 1 is 0.861 bits per heavy atom. The number of phenolic OH excluding ortho intramolecular Hbond substituents is 1. The number of nitrogens with zero attached hydrogens (tertiary/aromatic N) is 1. The zero-order chi connectivity index (χ0) is 25.1. The first-order valence-electron chi connectivity index (χ1n) is 12.0. The fraction of sp³-hybridized carbons (Fsp3) is 0.207. The van der Waals surface area contributed by atoms with Gasteiger partial charge in [0.05, 0.1) is 12.1 Å². The summed E-state index contributed by atoms with van der Waals surface area (Å²) in [6.07, 6.45) is 4.58. The fourth-order valence-electron chi connectivity index (χ4n) is 4.78. The van der Waals surface area contributed by atoms with Gasteiger partial charge in [-0.1, -0.05) is 67.4 Å². The van der Waals surface area contributed by atoms with Gasteiger partial charge in [0, 0.05) is 28.8 Å². The SMILES string of the molecule is O=C(O)[C@@H]1CCCC[C@H]1C(=O)c1ccc(-c2ccc(-c3cnc(Nc4cccc(O)c4)o3)cc2)cc1. The number of carbonyl (C=O) groups excluding carboxylic acids is 1. The summed E-state index contributed by atoms with van der Waals surface area (Å²) in [5.74, 6) is -1.24. The van der Waals surface area contributed by atoms with Gasteiger partial charge in [-0.25, -0.2) is 4.98 Å². The zero-order valence-electron chi connectivity index (χ0n) is 19.6. The number of Topliss-reactive ketones (excluding diaryl/α,β-unsaturated/α-hetero) is 1. The number of aromatic nitrogens is 1. The zero-order valence-corrected chi connectivity index (χ0v) is 19.6. The Morgan fingerprint density at radius 3 is 2.17 bits per heavy atom. The molecule has 36 heavy (non-hydrogen) atoms. The average molecular weight is 483 g/mol. The lowest BCUT2D eigenvalue weighted by Gasteiger charge is -2.27. The van der Waals surface area contributed by atoms with Gasteiger partial charge in [0.2, 0.25) is 0 Å². The van der Waals surface area contributed by atoms with Crippen LogP contribution in [0.5, 0.6) is 5.75 Å². The lowest BCUT2D eigenvalue weighted by Crippen LogP contribution is -2.32. The number of rotatable bonds is 7. The quantitative estimate of drug-likeness (QED) is 0.257. The van der Waals surface area contributed by atoms with Crippen LogP contribution in [0.2, 0.25) is 0 Å². The Balaban J connectivity index is 1.27. The Hall–Kier alpha value is -4.39. The first kappa shape index (κ1) is 23.4. The van der Waals surface area contributed by atoms with Gasteiger partial charge in [-0.2, -0.15) is 0 Å². The summed E-state index contributed by atoms with van der Waals surface area (Å²) in [7, 11) is 0. The highest BCUT2D eigenvalue weighted by molar-refractivity contribution is 6.00. The molecule has 7 nitrogen and oxygen atoms in total. The standard InChI is InChI=1S/C29H26N2O5/c32-23-5-3-4-22(16-23)31-29-30-17-26(36-29)20-12-8-18(9-13-20)19-10-14-21(15-11-19)27(33)24-6-1-2-7-25(24)28(34)35/h3-5,8-17,24-25,32H,1-2,6-7H2,(H,30,31)(H,34,35)/t24-,25-/m1/s1. The number of carbonyl (C=O) groups is 2. The molecule has 0 aliphatic heterocycles. The van der Waals surface area contributed by atoms with Crippen LogP contribution in [0.3, 0.4) is 0 Å². The van der Waals surface area contributed by atoms with Crippen LogP contribution < -0.4 is 5.32 Å². The van der Waals surface area contributed by atoms with E-state index >= 15 is 0 Å². The van der Waals surface area contributed by atoms with Gasteiger partial charge in [0.15, 0.2) is 11.5 Å². The van der Waals surface area contributed by atoms with Crippen molar-refractivity contribution in [2.75, 3.05) is 5.32 Å². The molecule has 0 unspecified atom stereocenters. The van der Waals surface area contributed by atoms with Gasteiger partial charge >= 0.3 is 5.97 Å². The topological polar surface area (TPSA) is 113 Å². The van der Waals surface area contributed by atoms with Crippen molar-refractivity contribution in [2.45, 2.75) is 25.7 Å². The second-order valence-electron chi connectivity index (χ2n) is 9.06. The molecule has 0 spiro atoms. The van der Waals surface area contributed by atoms with Crippen LogP contribution in [0.1, 0.15) is 36.0 Å². The predicted molar refractivity (Wildman–Crippen MR) is 136 cm³/mol. The molecule has 0 amide bonds. The highest BCUT2D eigenvalue weighted by Gasteiger charge is 2.35. The number of nitrogens with one attached hydrogen (secondary N) is 1. The fourth-order valence-corrected chi connectivity index (χ4v) is 4.78. The molecule has 1 saturated carbocycles. The number of carboxylic acid groups (broad SMARTS) is 1. The summed E-state index contributed by atoms with van der Waals surface area (Å²) in [5.41, 5.74) is 4.03. The Morgan fingerprint density at radius 2 is 1.50 bits per heavy atom. The van der Waals surface area contributed by atoms with Crippen LogP contribution in [0.4, 0.5) is 11.7 Å². The molecule has 7 heteroatoms. The molecular formula is C29H26N2O5. The number of aliphatic carboxylic acids is 1. The minimum absolute atomic E-state index is 0.0792. The third-order valence-corrected chi connectivity index (χ3v) is 6.70. The molecule has 3 aromatic carbocycles. The van der Waals surface area contributed by atoms with Crippen LogP contribution in [-0.2, 0) is 4.79 Å². The van der Waals surface area contributed by atoms with Crippen molar-refractivity contribution in [1.29, 1.82) is 0 Å². The van der Waals surface area contributed by atoms with Crippen LogP contribution in [0.15, 0.2) is 83.4 Å². The predicted octanol–water partition coefficient (Wildman–Crippen LogP) is 6.53. The van der Waals surface area contributed by atoms with E-state index in [0.29, 0.717) is 35.9 Å². The summed E-state index contributed by atoms with van der Waals surface area (Å²) < 4.78 is 5.80. The second-order valence-corrected chi connectivity index (χ2v) is 9.06. The van der Waals surface area contributed by atoms with Crippen LogP contribution in [0.25, 0.3) is 22.5 Å². The summed E-state index contributed by atoms with van der Waals surface area (Å²) in [5, 5.41) is 22.1. The number of phenols is 1. The number of anilines is 2. The number of benzene rings is 3. The maximum Gasteiger partial charge on any atom is 0.307 e. The van der Waals surface area contributed by atoms with E-state index in [2.05, 4.69) is 10.3 Å². The number of aromatic hydroxyl groups is 1. The van der Waals surface area contributed by atoms with E-state index < -0.39 is 17.8 Å². The van der Waals surface area contributed by atoms with Gasteiger partial charge < -0.3 is 19.9 Å². The molecule has 5 rings (SSSR count). The summed E-state index contributed by atoms with van der Waals surface area (Å²) in [6, 6.07) is 22.2. The molecule has 0 bridgehead atoms. The highest BCUT2D eigenvalue weighted by atomic mass is 16.4. The molecular weight excluding hydrogens is 456 g/mol. The van der Waals surface area contributed by atoms with Crippen LogP contribution >= 0.6 is 0 Å². The van der Waals surface area contributed by atoms with E-state index in [1.165, 1.54) is 0 Å². The normalized spacial score (nSPS) is 17.4. The molecule has 0 radical (unpaired) electrons. The van der Waals surface area contributed by atoms with Gasteiger partial charge in [-0.3, -0.25) is 9.59 Å². The van der Waals surface area contributed by atoms with Gasteiger partial charge in [0.1, 0.15) is 5.75 Å². The minimum Gasteiger partial charge on any atom is -0.508 e. The van der Waals surface area contributed by atoms with E-state index in [1.807, 2.05) is 36.4 Å². The molecule has 1 aliphatic rings. The lowest BCUT2D eigenvalue weighted by atomic mass is 9.75. The van der Waals surface area contributed by atoms with Crippen LogP contribution in [0, 0.1) is 11.8 Å². The van der Waals surface area contributed by atoms with E-state index in [1.54, 1.807) is 42.6 Å². The number of oxazole rings is 1. The largest absolute Gasteiger partial charge is 0.508 e. The van der Waals surface area contributed by atoms with E-state index in [9.17, 15) is 19.8 Å². The molecule has 3 N–H and O–H groups in total.